The van der Waals surface area contributed by atoms with E-state index in [9.17, 15) is 0 Å². The second-order valence-corrected chi connectivity index (χ2v) is 8.59. The first kappa shape index (κ1) is 18.4. The molecule has 25 heavy (non-hydrogen) atoms. The maximum absolute atomic E-state index is 4.22. The molecule has 1 aromatic carbocycles. The van der Waals surface area contributed by atoms with Crippen molar-refractivity contribution in [2.24, 2.45) is 11.0 Å². The fourth-order valence-electron chi connectivity index (χ4n) is 3.26. The van der Waals surface area contributed by atoms with Crippen molar-refractivity contribution in [2.45, 2.75) is 50.8 Å². The van der Waals surface area contributed by atoms with E-state index in [0.29, 0.717) is 11.3 Å². The van der Waals surface area contributed by atoms with E-state index in [1.54, 1.807) is 0 Å². The van der Waals surface area contributed by atoms with Crippen molar-refractivity contribution in [1.82, 2.24) is 20.8 Å². The van der Waals surface area contributed by atoms with Gasteiger partial charge in [0.1, 0.15) is 0 Å². The molecule has 1 heterocycles. The molecule has 1 aliphatic heterocycles. The quantitative estimate of drug-likeness (QED) is 0.560. The topological polar surface area (TPSA) is 63.7 Å². The molecule has 1 aromatic rings. The van der Waals surface area contributed by atoms with Gasteiger partial charge in [0.2, 0.25) is 0 Å². The second kappa shape index (κ2) is 8.78. The molecule has 0 radical (unpaired) electrons. The number of hydrogen-bond donors (Lipinski definition) is 4. The zero-order valence-corrected chi connectivity index (χ0v) is 16.2. The lowest BCUT2D eigenvalue weighted by Gasteiger charge is -2.29. The lowest BCUT2D eigenvalue weighted by Crippen LogP contribution is -2.37. The maximum atomic E-state index is 4.22. The van der Waals surface area contributed by atoms with Crippen LogP contribution in [0.15, 0.2) is 29.4 Å². The second-order valence-electron chi connectivity index (χ2n) is 7.18. The van der Waals surface area contributed by atoms with Crippen molar-refractivity contribution in [3.63, 3.8) is 0 Å². The van der Waals surface area contributed by atoms with Gasteiger partial charge in [-0.25, -0.2) is 5.53 Å². The van der Waals surface area contributed by atoms with Crippen LogP contribution < -0.4 is 21.1 Å². The molecule has 1 saturated carbocycles. The van der Waals surface area contributed by atoms with E-state index in [1.165, 1.54) is 31.4 Å². The molecule has 2 aliphatic rings. The van der Waals surface area contributed by atoms with E-state index in [1.807, 2.05) is 24.0 Å². The van der Waals surface area contributed by atoms with Gasteiger partial charge in [-0.15, -0.1) is 10.6 Å². The van der Waals surface area contributed by atoms with Gasteiger partial charge in [-0.3, -0.25) is 9.73 Å². The molecular weight excluding hydrogens is 332 g/mol. The first-order valence-corrected chi connectivity index (χ1v) is 10.1. The van der Waals surface area contributed by atoms with E-state index >= 15 is 0 Å². The summed E-state index contributed by atoms with van der Waals surface area (Å²) in [4.78, 5) is 0. The zero-order chi connectivity index (χ0) is 17.6. The number of hydrazone groups is 1. The van der Waals surface area contributed by atoms with Crippen LogP contribution in [0.25, 0.3) is 0 Å². The highest BCUT2D eigenvalue weighted by Crippen LogP contribution is 2.26. The van der Waals surface area contributed by atoms with Crippen molar-refractivity contribution in [3.05, 3.63) is 29.8 Å². The summed E-state index contributed by atoms with van der Waals surface area (Å²) in [7, 11) is 1.94. The van der Waals surface area contributed by atoms with Gasteiger partial charge in [0.15, 0.2) is 5.84 Å². The molecule has 7 heteroatoms. The Morgan fingerprint density at radius 1 is 1.20 bits per heavy atom. The molecule has 4 N–H and O–H groups in total. The van der Waals surface area contributed by atoms with Crippen LogP contribution in [-0.2, 0) is 0 Å². The Balaban J connectivity index is 1.41. The van der Waals surface area contributed by atoms with Crippen molar-refractivity contribution < 1.29 is 0 Å². The van der Waals surface area contributed by atoms with E-state index in [0.717, 1.165) is 23.9 Å². The highest BCUT2D eigenvalue weighted by molar-refractivity contribution is 7.98. The highest BCUT2D eigenvalue weighted by Gasteiger charge is 2.21. The molecule has 0 spiro atoms. The van der Waals surface area contributed by atoms with E-state index in [4.69, 9.17) is 0 Å². The lowest BCUT2D eigenvalue weighted by atomic mass is 9.86. The Hall–Kier alpha value is -1.44. The van der Waals surface area contributed by atoms with Gasteiger partial charge in [0.25, 0.3) is 0 Å². The summed E-state index contributed by atoms with van der Waals surface area (Å²) in [5, 5.41) is 10.3. The molecule has 0 atom stereocenters. The summed E-state index contributed by atoms with van der Waals surface area (Å²) in [5.41, 5.74) is 7.97. The van der Waals surface area contributed by atoms with Crippen LogP contribution in [0.5, 0.6) is 0 Å². The van der Waals surface area contributed by atoms with Crippen LogP contribution >= 0.6 is 11.9 Å². The molecule has 138 valence electrons. The largest absolute Gasteiger partial charge is 0.385 e. The van der Waals surface area contributed by atoms with Crippen LogP contribution in [0.1, 0.15) is 45.1 Å². The summed E-state index contributed by atoms with van der Waals surface area (Å²) in [6.45, 7) is 5.54. The predicted octanol–water partition coefficient (Wildman–Crippen LogP) is 2.92. The summed E-state index contributed by atoms with van der Waals surface area (Å²) in [5.74, 6) is 1.68. The van der Waals surface area contributed by atoms with Gasteiger partial charge in [0, 0.05) is 36.1 Å². The molecule has 0 unspecified atom stereocenters. The van der Waals surface area contributed by atoms with E-state index in [2.05, 4.69) is 64.3 Å². The maximum Gasteiger partial charge on any atom is 0.172 e. The number of anilines is 1. The molecule has 0 bridgehead atoms. The third kappa shape index (κ3) is 5.26. The summed E-state index contributed by atoms with van der Waals surface area (Å²) >= 11 is 1.87. The Bertz CT molecular complexity index is 565. The van der Waals surface area contributed by atoms with Gasteiger partial charge < -0.3 is 5.32 Å². The number of benzene rings is 1. The monoisotopic (exact) mass is 362 g/mol. The standard InChI is InChI=1S/C18H30N6S/c1-13(2)25-21-17-8-4-14(5-9-17)12-19-16-10-6-15(7-11-16)18-20-22-23-24(18)3/h6-7,10-11,13-14,17,19,21-23H,4-5,8-9,12H2,1-3H3/t14-,17-. The van der Waals surface area contributed by atoms with Gasteiger partial charge >= 0.3 is 0 Å². The highest BCUT2D eigenvalue weighted by atomic mass is 32.2. The molecule has 3 rings (SSSR count). The average Bonchev–Trinajstić information content (AvgIpc) is 3.05. The minimum absolute atomic E-state index is 0.656. The SMILES string of the molecule is CC(C)SN[C@H]1CC[C@H](CNc2ccc(C3=NNNN3C)cc2)CC1. The number of hydrogen-bond acceptors (Lipinski definition) is 7. The predicted molar refractivity (Wildman–Crippen MR) is 107 cm³/mol. The molecule has 0 amide bonds. The molecule has 0 aromatic heterocycles. The van der Waals surface area contributed by atoms with Crippen molar-refractivity contribution in [1.29, 1.82) is 0 Å². The first-order valence-electron chi connectivity index (χ1n) is 9.19. The number of rotatable bonds is 7. The summed E-state index contributed by atoms with van der Waals surface area (Å²) < 4.78 is 3.62. The van der Waals surface area contributed by atoms with Crippen LogP contribution in [0, 0.1) is 5.92 Å². The summed E-state index contributed by atoms with van der Waals surface area (Å²) in [6, 6.07) is 9.17. The normalized spacial score (nSPS) is 23.5. The minimum Gasteiger partial charge on any atom is -0.385 e. The Kier molecular flexibility index (Phi) is 6.45. The van der Waals surface area contributed by atoms with Crippen molar-refractivity contribution in [3.8, 4) is 0 Å². The third-order valence-electron chi connectivity index (χ3n) is 4.75. The summed E-state index contributed by atoms with van der Waals surface area (Å²) in [6.07, 6.45) is 5.19. The molecule has 1 fully saturated rings. The first-order chi connectivity index (χ1) is 12.1. The van der Waals surface area contributed by atoms with E-state index < -0.39 is 0 Å². The molecule has 1 aliphatic carbocycles. The molecule has 0 saturated heterocycles. The van der Waals surface area contributed by atoms with Gasteiger partial charge in [0.05, 0.1) is 0 Å². The van der Waals surface area contributed by atoms with Crippen LogP contribution in [0.4, 0.5) is 5.69 Å². The zero-order valence-electron chi connectivity index (χ0n) is 15.4. The Morgan fingerprint density at radius 2 is 1.92 bits per heavy atom. The molecule has 6 nitrogen and oxygen atoms in total. The Labute approximate surface area is 155 Å². The number of nitrogens with zero attached hydrogens (tertiary/aromatic N) is 2. The minimum atomic E-state index is 0.656. The van der Waals surface area contributed by atoms with E-state index in [-0.39, 0.29) is 0 Å². The fraction of sp³-hybridized carbons (Fsp3) is 0.611. The number of amidine groups is 1. The average molecular weight is 363 g/mol. The lowest BCUT2D eigenvalue weighted by molar-refractivity contribution is 0.328. The Morgan fingerprint density at radius 3 is 2.52 bits per heavy atom. The van der Waals surface area contributed by atoms with Gasteiger partial charge in [-0.1, -0.05) is 25.8 Å². The third-order valence-corrected chi connectivity index (χ3v) is 5.69. The van der Waals surface area contributed by atoms with Crippen molar-refractivity contribution in [2.75, 3.05) is 18.9 Å². The van der Waals surface area contributed by atoms with Crippen LogP contribution in [0.2, 0.25) is 0 Å². The smallest absolute Gasteiger partial charge is 0.172 e. The number of hydrazine groups is 2. The van der Waals surface area contributed by atoms with Gasteiger partial charge in [-0.05, 0) is 55.9 Å². The van der Waals surface area contributed by atoms with Crippen LogP contribution in [-0.4, -0.2) is 35.7 Å². The van der Waals surface area contributed by atoms with Gasteiger partial charge in [-0.2, -0.15) is 0 Å². The number of nitrogens with one attached hydrogen (secondary N) is 4. The molecular formula is C18H30N6S. The fourth-order valence-corrected chi connectivity index (χ4v) is 3.96. The van der Waals surface area contributed by atoms with Crippen LogP contribution in [0.3, 0.4) is 0 Å². The van der Waals surface area contributed by atoms with Crippen molar-refractivity contribution >= 4 is 23.5 Å².